The molecule has 116 valence electrons. The van der Waals surface area contributed by atoms with E-state index >= 15 is 0 Å². The van der Waals surface area contributed by atoms with Gasteiger partial charge < -0.3 is 10.3 Å². The number of hydrogen-bond donors (Lipinski definition) is 2. The van der Waals surface area contributed by atoms with Crippen molar-refractivity contribution in [3.05, 3.63) is 32.9 Å². The van der Waals surface area contributed by atoms with Gasteiger partial charge in [0.1, 0.15) is 0 Å². The molecule has 2 N–H and O–H groups in total. The summed E-state index contributed by atoms with van der Waals surface area (Å²) in [5, 5.41) is 13.5. The number of H-pyrrole nitrogens is 1. The van der Waals surface area contributed by atoms with Gasteiger partial charge in [0.2, 0.25) is 5.91 Å². The largest absolute Gasteiger partial charge is 0.357 e. The Kier molecular flexibility index (Phi) is 5.33. The molecule has 0 saturated carbocycles. The highest BCUT2D eigenvalue weighted by atomic mass is 35.5. The van der Waals surface area contributed by atoms with Gasteiger partial charge in [0.05, 0.1) is 34.5 Å². The maximum atomic E-state index is 11.8. The molecule has 1 amide bonds. The average Bonchev–Trinajstić information content (AvgIpc) is 2.76. The zero-order valence-corrected chi connectivity index (χ0v) is 14.0. The van der Waals surface area contributed by atoms with Crippen LogP contribution >= 0.6 is 23.2 Å². The summed E-state index contributed by atoms with van der Waals surface area (Å²) >= 11 is 12.4. The average molecular weight is 338 g/mol. The fraction of sp³-hybridized carbons (Fsp3) is 0.375. The van der Waals surface area contributed by atoms with Crippen LogP contribution in [0, 0.1) is 11.3 Å². The number of rotatable bonds is 1. The van der Waals surface area contributed by atoms with Crippen LogP contribution in [0.5, 0.6) is 0 Å². The van der Waals surface area contributed by atoms with Crippen LogP contribution in [0.25, 0.3) is 10.9 Å². The van der Waals surface area contributed by atoms with Crippen LogP contribution in [0.15, 0.2) is 6.07 Å². The summed E-state index contributed by atoms with van der Waals surface area (Å²) in [6.07, 6.45) is 1.25. The molecule has 22 heavy (non-hydrogen) atoms. The molecule has 6 heteroatoms. The first-order chi connectivity index (χ1) is 10.6. The van der Waals surface area contributed by atoms with E-state index in [0.717, 1.165) is 34.1 Å². The number of aromatic amines is 1. The number of benzene rings is 1. The topological polar surface area (TPSA) is 68.7 Å². The fourth-order valence-corrected chi connectivity index (χ4v) is 3.12. The number of halogens is 2. The van der Waals surface area contributed by atoms with E-state index < -0.39 is 0 Å². The maximum Gasteiger partial charge on any atom is 0.224 e. The third-order valence-corrected chi connectivity index (χ3v) is 4.33. The van der Waals surface area contributed by atoms with Crippen molar-refractivity contribution in [1.82, 2.24) is 10.3 Å². The summed E-state index contributed by atoms with van der Waals surface area (Å²) in [6, 6.07) is 3.84. The number of nitriles is 1. The van der Waals surface area contributed by atoms with E-state index in [1.54, 1.807) is 6.07 Å². The van der Waals surface area contributed by atoms with E-state index in [2.05, 4.69) is 16.4 Å². The molecule has 1 aliphatic rings. The molecular weight excluding hydrogens is 321 g/mol. The number of nitrogens with one attached hydrogen (secondary N) is 2. The van der Waals surface area contributed by atoms with Crippen LogP contribution in [0.1, 0.15) is 30.7 Å². The molecule has 0 unspecified atom stereocenters. The Balaban J connectivity index is 0.000000847. The van der Waals surface area contributed by atoms with Crippen LogP contribution in [0.2, 0.25) is 10.0 Å². The van der Waals surface area contributed by atoms with Gasteiger partial charge in [-0.2, -0.15) is 5.26 Å². The molecule has 0 fully saturated rings. The molecule has 3 rings (SSSR count). The second-order valence-corrected chi connectivity index (χ2v) is 5.56. The van der Waals surface area contributed by atoms with Crippen molar-refractivity contribution in [2.24, 2.45) is 0 Å². The van der Waals surface area contributed by atoms with Crippen molar-refractivity contribution >= 4 is 40.0 Å². The highest BCUT2D eigenvalue weighted by Gasteiger charge is 2.22. The van der Waals surface area contributed by atoms with Gasteiger partial charge in [0.15, 0.2) is 0 Å². The van der Waals surface area contributed by atoms with Crippen molar-refractivity contribution in [3.8, 4) is 6.07 Å². The predicted octanol–water partition coefficient (Wildman–Crippen LogP) is 3.78. The van der Waals surface area contributed by atoms with Gasteiger partial charge in [-0.05, 0) is 17.2 Å². The molecule has 1 aromatic heterocycles. The third kappa shape index (κ3) is 2.92. The van der Waals surface area contributed by atoms with Crippen molar-refractivity contribution in [1.29, 1.82) is 5.26 Å². The van der Waals surface area contributed by atoms with Crippen molar-refractivity contribution in [3.63, 3.8) is 0 Å². The summed E-state index contributed by atoms with van der Waals surface area (Å²) in [5.41, 5.74) is 3.45. The summed E-state index contributed by atoms with van der Waals surface area (Å²) in [5.74, 6) is -0.0152. The van der Waals surface area contributed by atoms with E-state index in [1.807, 2.05) is 13.8 Å². The van der Waals surface area contributed by atoms with Crippen molar-refractivity contribution in [2.75, 3.05) is 6.54 Å². The monoisotopic (exact) mass is 337 g/mol. The molecule has 0 atom stereocenters. The number of hydrogen-bond acceptors (Lipinski definition) is 2. The normalized spacial score (nSPS) is 13.5. The Bertz CT molecular complexity index is 759. The molecule has 0 radical (unpaired) electrons. The highest BCUT2D eigenvalue weighted by molar-refractivity contribution is 6.45. The van der Waals surface area contributed by atoms with Gasteiger partial charge in [0, 0.05) is 24.0 Å². The fourth-order valence-electron chi connectivity index (χ4n) is 2.70. The van der Waals surface area contributed by atoms with Crippen LogP contribution in [0.4, 0.5) is 0 Å². The molecule has 1 aromatic carbocycles. The lowest BCUT2D eigenvalue weighted by Crippen LogP contribution is -2.24. The zero-order chi connectivity index (χ0) is 16.3. The summed E-state index contributed by atoms with van der Waals surface area (Å²) < 4.78 is 0. The lowest BCUT2D eigenvalue weighted by atomic mass is 10.00. The van der Waals surface area contributed by atoms with Crippen LogP contribution in [-0.4, -0.2) is 17.4 Å². The zero-order valence-electron chi connectivity index (χ0n) is 12.5. The van der Waals surface area contributed by atoms with E-state index in [1.165, 1.54) is 0 Å². The van der Waals surface area contributed by atoms with Gasteiger partial charge in [-0.1, -0.05) is 37.0 Å². The van der Waals surface area contributed by atoms with Crippen LogP contribution in [0.3, 0.4) is 0 Å². The first kappa shape index (κ1) is 16.7. The van der Waals surface area contributed by atoms with E-state index in [-0.39, 0.29) is 12.3 Å². The minimum Gasteiger partial charge on any atom is -0.357 e. The minimum absolute atomic E-state index is 0.0152. The van der Waals surface area contributed by atoms with E-state index in [0.29, 0.717) is 23.0 Å². The Labute approximate surface area is 139 Å². The smallest absolute Gasteiger partial charge is 0.224 e. The number of carbonyl (C=O) groups is 1. The molecule has 4 nitrogen and oxygen atoms in total. The SMILES string of the molecule is CC.N#CCc1cc(Cl)c(Cl)c2[nH]c3c(c12)CC(=O)NCC3. The molecule has 0 spiro atoms. The van der Waals surface area contributed by atoms with Gasteiger partial charge >= 0.3 is 0 Å². The molecule has 0 bridgehead atoms. The van der Waals surface area contributed by atoms with Crippen molar-refractivity contribution in [2.45, 2.75) is 33.1 Å². The summed E-state index contributed by atoms with van der Waals surface area (Å²) in [7, 11) is 0. The second-order valence-electron chi connectivity index (χ2n) is 4.78. The number of amides is 1. The van der Waals surface area contributed by atoms with Gasteiger partial charge in [-0.25, -0.2) is 0 Å². The van der Waals surface area contributed by atoms with Gasteiger partial charge in [0.25, 0.3) is 0 Å². The Morgan fingerprint density at radius 1 is 1.36 bits per heavy atom. The molecule has 2 heterocycles. The Hall–Kier alpha value is -1.70. The van der Waals surface area contributed by atoms with Crippen LogP contribution < -0.4 is 5.32 Å². The summed E-state index contributed by atoms with van der Waals surface area (Å²) in [6.45, 7) is 4.59. The van der Waals surface area contributed by atoms with E-state index in [4.69, 9.17) is 28.5 Å². The lowest BCUT2D eigenvalue weighted by Gasteiger charge is -2.06. The number of aromatic nitrogens is 1. The summed E-state index contributed by atoms with van der Waals surface area (Å²) in [4.78, 5) is 15.0. The highest BCUT2D eigenvalue weighted by Crippen LogP contribution is 2.37. The first-order valence-corrected chi connectivity index (χ1v) is 8.01. The number of fused-ring (bicyclic) bond motifs is 3. The first-order valence-electron chi connectivity index (χ1n) is 7.25. The maximum absolute atomic E-state index is 11.8. The Morgan fingerprint density at radius 3 is 2.77 bits per heavy atom. The minimum atomic E-state index is -0.0152. The predicted molar refractivity (Wildman–Crippen MR) is 89.4 cm³/mol. The van der Waals surface area contributed by atoms with Crippen molar-refractivity contribution < 1.29 is 4.79 Å². The molecule has 2 aromatic rings. The lowest BCUT2D eigenvalue weighted by molar-refractivity contribution is -0.120. The molecular formula is C16H17Cl2N3O. The molecule has 1 aliphatic heterocycles. The molecule has 0 aliphatic carbocycles. The second kappa shape index (κ2) is 7.04. The number of nitrogens with zero attached hydrogens (tertiary/aromatic N) is 1. The van der Waals surface area contributed by atoms with Gasteiger partial charge in [-0.3, -0.25) is 4.79 Å². The standard InChI is InChI=1S/C14H11Cl2N3O.C2H6/c15-9-5-7(1-3-17)12-8-6-11(20)18-4-2-10(8)19-14(12)13(9)16;1-2/h5,19H,1-2,4,6H2,(H,18,20);1-2H3. The van der Waals surface area contributed by atoms with E-state index in [9.17, 15) is 4.79 Å². The van der Waals surface area contributed by atoms with Gasteiger partial charge in [-0.15, -0.1) is 0 Å². The molecule has 0 saturated heterocycles. The Morgan fingerprint density at radius 2 is 2.09 bits per heavy atom. The van der Waals surface area contributed by atoms with Crippen LogP contribution in [-0.2, 0) is 24.1 Å². The third-order valence-electron chi connectivity index (χ3n) is 3.55. The number of carbonyl (C=O) groups excluding carboxylic acids is 1. The quantitative estimate of drug-likeness (QED) is 0.831.